The fraction of sp³-hybridized carbons (Fsp3) is 0.812. The normalized spacial score (nSPS) is 24.7. The molecule has 8 nitrogen and oxygen atoms in total. The van der Waals surface area contributed by atoms with Crippen molar-refractivity contribution < 1.29 is 18.1 Å². The van der Waals surface area contributed by atoms with Crippen LogP contribution in [0, 0.1) is 0 Å². The number of rotatable bonds is 5. The highest BCUT2D eigenvalue weighted by atomic mass is 32.2. The lowest BCUT2D eigenvalue weighted by Gasteiger charge is -2.32. The fourth-order valence-electron chi connectivity index (χ4n) is 3.65. The number of sulfone groups is 1. The molecule has 1 N–H and O–H groups in total. The van der Waals surface area contributed by atoms with Crippen LogP contribution in [0.1, 0.15) is 32.0 Å². The Morgan fingerprint density at radius 3 is 2.62 bits per heavy atom. The van der Waals surface area contributed by atoms with E-state index in [1.807, 2.05) is 23.4 Å². The van der Waals surface area contributed by atoms with Crippen LogP contribution in [-0.2, 0) is 21.7 Å². The highest BCUT2D eigenvalue weighted by Gasteiger charge is 2.33. The summed E-state index contributed by atoms with van der Waals surface area (Å²) in [6.45, 7) is 8.79. The molecule has 3 rings (SSSR count). The van der Waals surface area contributed by atoms with Gasteiger partial charge in [0.2, 0.25) is 5.91 Å². The molecule has 0 saturated carbocycles. The maximum atomic E-state index is 12.7. The zero-order valence-corrected chi connectivity index (χ0v) is 17.3. The van der Waals surface area contributed by atoms with Crippen LogP contribution in [0.4, 0.5) is 0 Å². The lowest BCUT2D eigenvalue weighted by molar-refractivity contribution is -0.902. The number of thioether (sulfide) groups is 1. The minimum Gasteiger partial charge on any atom is -0.332 e. The van der Waals surface area contributed by atoms with E-state index < -0.39 is 9.84 Å². The van der Waals surface area contributed by atoms with Crippen LogP contribution in [0.15, 0.2) is 5.16 Å². The molecule has 1 aromatic rings. The molecule has 10 heteroatoms. The number of nitrogens with zero attached hydrogens (tertiary/aromatic N) is 4. The van der Waals surface area contributed by atoms with Crippen LogP contribution in [-0.4, -0.2) is 83.5 Å². The number of hydrogen-bond acceptors (Lipinski definition) is 6. The molecule has 1 aromatic heterocycles. The Morgan fingerprint density at radius 1 is 1.35 bits per heavy atom. The molecule has 3 heterocycles. The SMILES string of the molecule is CC[NH+]1CCN(C(=O)[C@H](C)Sc2nnc([C@H]3CCS(=O)(=O)C3)n2C)CC1. The van der Waals surface area contributed by atoms with Crippen molar-refractivity contribution in [1.82, 2.24) is 19.7 Å². The molecule has 2 aliphatic rings. The Labute approximate surface area is 159 Å². The first-order valence-electron chi connectivity index (χ1n) is 9.19. The molecule has 0 radical (unpaired) electrons. The van der Waals surface area contributed by atoms with E-state index in [2.05, 4.69) is 17.1 Å². The monoisotopic (exact) mass is 402 g/mol. The van der Waals surface area contributed by atoms with Gasteiger partial charge in [-0.1, -0.05) is 11.8 Å². The molecule has 0 bridgehead atoms. The van der Waals surface area contributed by atoms with Crippen LogP contribution in [0.25, 0.3) is 0 Å². The van der Waals surface area contributed by atoms with Crippen molar-refractivity contribution in [3.63, 3.8) is 0 Å². The van der Waals surface area contributed by atoms with E-state index in [0.29, 0.717) is 17.4 Å². The van der Waals surface area contributed by atoms with Gasteiger partial charge in [0, 0.05) is 13.0 Å². The van der Waals surface area contributed by atoms with Gasteiger partial charge in [-0.3, -0.25) is 4.79 Å². The van der Waals surface area contributed by atoms with Crippen LogP contribution >= 0.6 is 11.8 Å². The van der Waals surface area contributed by atoms with Gasteiger partial charge in [0.05, 0.1) is 49.5 Å². The molecule has 2 saturated heterocycles. The standard InChI is InChI=1S/C16H27N5O3S2/c1-4-20-6-8-21(9-7-20)15(22)12(2)25-16-18-17-14(19(16)3)13-5-10-26(23,24)11-13/h12-13H,4-11H2,1-3H3/p+1/t12-,13-/m0/s1. The number of piperazine rings is 1. The van der Waals surface area contributed by atoms with Crippen molar-refractivity contribution in [2.24, 2.45) is 7.05 Å². The summed E-state index contributed by atoms with van der Waals surface area (Å²) in [4.78, 5) is 16.2. The van der Waals surface area contributed by atoms with E-state index in [0.717, 1.165) is 32.7 Å². The maximum Gasteiger partial charge on any atom is 0.236 e. The van der Waals surface area contributed by atoms with Crippen molar-refractivity contribution in [2.75, 3.05) is 44.2 Å². The van der Waals surface area contributed by atoms with E-state index in [4.69, 9.17) is 0 Å². The van der Waals surface area contributed by atoms with Gasteiger partial charge in [-0.05, 0) is 20.3 Å². The molecule has 26 heavy (non-hydrogen) atoms. The molecule has 0 aliphatic carbocycles. The summed E-state index contributed by atoms with van der Waals surface area (Å²) < 4.78 is 25.3. The minimum absolute atomic E-state index is 0.0945. The lowest BCUT2D eigenvalue weighted by Crippen LogP contribution is -3.14. The molecule has 2 fully saturated rings. The number of aromatic nitrogens is 3. The highest BCUT2D eigenvalue weighted by Crippen LogP contribution is 2.30. The number of nitrogens with one attached hydrogen (secondary N) is 1. The Kier molecular flexibility index (Phi) is 5.93. The molecule has 0 unspecified atom stereocenters. The largest absolute Gasteiger partial charge is 0.332 e. The predicted molar refractivity (Wildman–Crippen MR) is 100 cm³/mol. The first kappa shape index (κ1) is 19.6. The molecular formula is C16H28N5O3S2+. The van der Waals surface area contributed by atoms with E-state index in [-0.39, 0.29) is 28.6 Å². The van der Waals surface area contributed by atoms with Crippen molar-refractivity contribution in [1.29, 1.82) is 0 Å². The first-order chi connectivity index (χ1) is 12.3. The van der Waals surface area contributed by atoms with Gasteiger partial charge >= 0.3 is 0 Å². The molecule has 0 spiro atoms. The van der Waals surface area contributed by atoms with Crippen LogP contribution < -0.4 is 4.90 Å². The fourth-order valence-corrected chi connectivity index (χ4v) is 6.29. The number of likely N-dealkylation sites (N-methyl/N-ethyl adjacent to an activating group) is 1. The lowest BCUT2D eigenvalue weighted by atomic mass is 10.1. The summed E-state index contributed by atoms with van der Waals surface area (Å²) in [5.74, 6) is 1.10. The minimum atomic E-state index is -2.96. The Bertz CT molecular complexity index is 756. The summed E-state index contributed by atoms with van der Waals surface area (Å²) in [5, 5.41) is 8.85. The topological polar surface area (TPSA) is 89.6 Å². The number of carbonyl (C=O) groups is 1. The van der Waals surface area contributed by atoms with Gasteiger partial charge in [0.15, 0.2) is 15.0 Å². The number of amides is 1. The third-order valence-electron chi connectivity index (χ3n) is 5.38. The zero-order valence-electron chi connectivity index (χ0n) is 15.6. The van der Waals surface area contributed by atoms with Gasteiger partial charge in [-0.2, -0.15) is 0 Å². The second-order valence-corrected chi connectivity index (χ2v) is 10.7. The molecule has 1 amide bonds. The van der Waals surface area contributed by atoms with Crippen molar-refractivity contribution in [2.45, 2.75) is 36.6 Å². The van der Waals surface area contributed by atoms with Gasteiger partial charge in [0.25, 0.3) is 0 Å². The van der Waals surface area contributed by atoms with E-state index in [1.165, 1.54) is 11.8 Å². The second kappa shape index (κ2) is 7.85. The quantitative estimate of drug-likeness (QED) is 0.632. The average molecular weight is 403 g/mol. The van der Waals surface area contributed by atoms with Gasteiger partial charge < -0.3 is 14.4 Å². The van der Waals surface area contributed by atoms with E-state index in [9.17, 15) is 13.2 Å². The molecular weight excluding hydrogens is 374 g/mol. The van der Waals surface area contributed by atoms with Gasteiger partial charge in [-0.25, -0.2) is 8.42 Å². The summed E-state index contributed by atoms with van der Waals surface area (Å²) in [6.07, 6.45) is 0.595. The highest BCUT2D eigenvalue weighted by molar-refractivity contribution is 8.00. The summed E-state index contributed by atoms with van der Waals surface area (Å²) >= 11 is 1.40. The molecule has 146 valence electrons. The van der Waals surface area contributed by atoms with Crippen LogP contribution in [0.2, 0.25) is 0 Å². The van der Waals surface area contributed by atoms with Gasteiger partial charge in [0.1, 0.15) is 5.82 Å². The van der Waals surface area contributed by atoms with Gasteiger partial charge in [-0.15, -0.1) is 10.2 Å². The molecule has 2 aliphatic heterocycles. The van der Waals surface area contributed by atoms with Crippen LogP contribution in [0.5, 0.6) is 0 Å². The molecule has 0 aromatic carbocycles. The Morgan fingerprint density at radius 2 is 2.04 bits per heavy atom. The van der Waals surface area contributed by atoms with Crippen LogP contribution in [0.3, 0.4) is 0 Å². The Hall–Kier alpha value is -1.13. The third-order valence-corrected chi connectivity index (χ3v) is 8.27. The Balaban J connectivity index is 1.61. The maximum absolute atomic E-state index is 12.7. The number of carbonyl (C=O) groups excluding carboxylic acids is 1. The summed E-state index contributed by atoms with van der Waals surface area (Å²) in [6, 6.07) is 0. The number of hydrogen-bond donors (Lipinski definition) is 1. The van der Waals surface area contributed by atoms with E-state index in [1.54, 1.807) is 4.90 Å². The average Bonchev–Trinajstić information content (AvgIpc) is 3.16. The van der Waals surface area contributed by atoms with Crippen molar-refractivity contribution in [3.8, 4) is 0 Å². The molecule has 2 atom stereocenters. The predicted octanol–water partition coefficient (Wildman–Crippen LogP) is -1.06. The third kappa shape index (κ3) is 4.23. The van der Waals surface area contributed by atoms with E-state index >= 15 is 0 Å². The summed E-state index contributed by atoms with van der Waals surface area (Å²) in [5.41, 5.74) is 0. The first-order valence-corrected chi connectivity index (χ1v) is 11.9. The van der Waals surface area contributed by atoms with Crippen molar-refractivity contribution >= 4 is 27.5 Å². The smallest absolute Gasteiger partial charge is 0.236 e. The summed E-state index contributed by atoms with van der Waals surface area (Å²) in [7, 11) is -1.11. The number of quaternary nitrogens is 1. The van der Waals surface area contributed by atoms with Crippen molar-refractivity contribution in [3.05, 3.63) is 5.82 Å². The zero-order chi connectivity index (χ0) is 18.9. The second-order valence-electron chi connectivity index (χ2n) is 7.19.